The van der Waals surface area contributed by atoms with E-state index < -0.39 is 0 Å². The van der Waals surface area contributed by atoms with Gasteiger partial charge in [-0.05, 0) is 0 Å². The third-order valence-corrected chi connectivity index (χ3v) is 4.26. The zero-order valence-corrected chi connectivity index (χ0v) is 15.6. The Hall–Kier alpha value is 0.142. The van der Waals surface area contributed by atoms with Crippen molar-refractivity contribution in [3.63, 3.8) is 0 Å². The summed E-state index contributed by atoms with van der Waals surface area (Å²) in [6, 6.07) is 0. The van der Waals surface area contributed by atoms with E-state index in [1.165, 1.54) is 0 Å². The van der Waals surface area contributed by atoms with E-state index in [-0.39, 0.29) is 12.3 Å². The number of ether oxygens (including phenoxy) is 1. The molecular weight excluding hydrogens is 476 g/mol. The summed E-state index contributed by atoms with van der Waals surface area (Å²) in [7, 11) is 0. The molecule has 0 aromatic heterocycles. The van der Waals surface area contributed by atoms with Crippen molar-refractivity contribution < 1.29 is 7.42 Å². The monoisotopic (exact) mass is 490 g/mol. The number of hydrogen-bond acceptors (Lipinski definition) is 4. The van der Waals surface area contributed by atoms with Crippen molar-refractivity contribution in [3.8, 4) is 0 Å². The number of allylic oxidation sites excluding steroid dienone is 1. The van der Waals surface area contributed by atoms with Gasteiger partial charge in [0, 0.05) is 0 Å². The van der Waals surface area contributed by atoms with Gasteiger partial charge in [-0.1, -0.05) is 0 Å². The van der Waals surface area contributed by atoms with E-state index in [4.69, 9.17) is 7.42 Å². The average Bonchev–Trinajstić information content (AvgIpc) is 2.72. The molecule has 0 aromatic rings. The van der Waals surface area contributed by atoms with Gasteiger partial charge in [0.1, 0.15) is 0 Å². The maximum atomic E-state index is 5.93. The minimum atomic E-state index is 0.0424. The first kappa shape index (κ1) is 13.6. The van der Waals surface area contributed by atoms with Crippen LogP contribution in [0.15, 0.2) is 35.4 Å². The normalized spacial score (nSPS) is 29.2. The summed E-state index contributed by atoms with van der Waals surface area (Å²) in [5, 5.41) is 3.12. The molecule has 0 radical (unpaired) electrons. The quantitative estimate of drug-likeness (QED) is 0.611. The molecule has 0 aliphatic carbocycles. The Balaban J connectivity index is 2.03. The van der Waals surface area contributed by atoms with Crippen LogP contribution in [0.1, 0.15) is 12.8 Å². The Morgan fingerprint density at radius 3 is 3.06 bits per heavy atom. The number of rotatable bonds is 3. The second-order valence-corrected chi connectivity index (χ2v) is 6.21. The molecule has 0 bridgehead atoms. The topological polar surface area (TPSA) is 33.7 Å². The zero-order chi connectivity index (χ0) is 12.4. The van der Waals surface area contributed by atoms with Crippen LogP contribution in [0.2, 0.25) is 0 Å². The van der Waals surface area contributed by atoms with Gasteiger partial charge in [-0.3, -0.25) is 0 Å². The molecule has 2 aliphatic rings. The molecule has 0 saturated carbocycles. The van der Waals surface area contributed by atoms with Crippen LogP contribution in [0, 0.1) is 0 Å². The second-order valence-electron chi connectivity index (χ2n) is 4.06. The molecule has 0 spiro atoms. The molecule has 2 atom stereocenters. The fraction of sp³-hybridized carbons (Fsp3) is 0.455. The SMILES string of the molecule is C=C1NC(=C)N(C2CCC(C[O][Tl])O2)C=C1Br. The molecule has 1 fully saturated rings. The summed E-state index contributed by atoms with van der Waals surface area (Å²) in [6.45, 7) is 8.58. The molecule has 2 heterocycles. The molecule has 1 saturated heterocycles. The van der Waals surface area contributed by atoms with Crippen LogP contribution in [0.25, 0.3) is 0 Å². The van der Waals surface area contributed by atoms with Gasteiger partial charge in [0.2, 0.25) is 0 Å². The van der Waals surface area contributed by atoms with Crippen LogP contribution >= 0.6 is 15.9 Å². The summed E-state index contributed by atoms with van der Waals surface area (Å²) < 4.78 is 12.1. The van der Waals surface area contributed by atoms with E-state index in [9.17, 15) is 0 Å². The molecule has 90 valence electrons. The molecule has 2 rings (SSSR count). The van der Waals surface area contributed by atoms with E-state index in [0.717, 1.165) is 28.8 Å². The van der Waals surface area contributed by atoms with Crippen molar-refractivity contribution in [3.05, 3.63) is 35.4 Å². The summed E-state index contributed by atoms with van der Waals surface area (Å²) in [5.74, 6) is 0.803. The van der Waals surface area contributed by atoms with Gasteiger partial charge in [-0.2, -0.15) is 0 Å². The van der Waals surface area contributed by atoms with Crippen LogP contribution in [-0.4, -0.2) is 50.1 Å². The molecule has 6 heteroatoms. The molecule has 4 nitrogen and oxygen atoms in total. The molecule has 2 unspecified atom stereocenters. The van der Waals surface area contributed by atoms with Gasteiger partial charge in [0.25, 0.3) is 0 Å². The van der Waals surface area contributed by atoms with Crippen molar-refractivity contribution in [2.75, 3.05) is 6.61 Å². The van der Waals surface area contributed by atoms with Crippen molar-refractivity contribution >= 4 is 42.1 Å². The Morgan fingerprint density at radius 1 is 1.59 bits per heavy atom. The van der Waals surface area contributed by atoms with Crippen LogP contribution in [-0.2, 0) is 7.42 Å². The predicted octanol–water partition coefficient (Wildman–Crippen LogP) is 1.72. The van der Waals surface area contributed by atoms with Gasteiger partial charge < -0.3 is 0 Å². The van der Waals surface area contributed by atoms with Crippen LogP contribution < -0.4 is 5.32 Å². The van der Waals surface area contributed by atoms with Crippen molar-refractivity contribution in [2.24, 2.45) is 0 Å². The van der Waals surface area contributed by atoms with Crippen LogP contribution in [0.3, 0.4) is 0 Å². The molecule has 0 amide bonds. The van der Waals surface area contributed by atoms with E-state index in [2.05, 4.69) is 34.4 Å². The Morgan fingerprint density at radius 2 is 2.35 bits per heavy atom. The van der Waals surface area contributed by atoms with Gasteiger partial charge in [-0.25, -0.2) is 0 Å². The van der Waals surface area contributed by atoms with Crippen molar-refractivity contribution in [1.82, 2.24) is 10.2 Å². The molecule has 17 heavy (non-hydrogen) atoms. The summed E-state index contributed by atoms with van der Waals surface area (Å²) in [4.78, 5) is 2.01. The van der Waals surface area contributed by atoms with E-state index >= 15 is 0 Å². The summed E-state index contributed by atoms with van der Waals surface area (Å²) in [5.41, 5.74) is 0.824. The number of nitrogens with one attached hydrogen (secondary N) is 1. The second kappa shape index (κ2) is 5.86. The first-order chi connectivity index (χ1) is 8.11. The molecular formula is C11H14BrN2O2Tl. The van der Waals surface area contributed by atoms with Crippen molar-refractivity contribution in [1.29, 1.82) is 0 Å². The standard InChI is InChI=1S/C11H14BrN2O2.Tl/c1-7-10(12)5-14(8(2)13-7)11-4-3-9(6-15)16-11;/h5,9,11,13H,1-4,6H2;/q-1;+1. The van der Waals surface area contributed by atoms with Gasteiger partial charge in [0.05, 0.1) is 0 Å². The first-order valence-electron chi connectivity index (χ1n) is 5.40. The van der Waals surface area contributed by atoms with Crippen LogP contribution in [0.4, 0.5) is 0 Å². The maximum absolute atomic E-state index is 5.93. The minimum absolute atomic E-state index is 0.0424. The molecule has 0 aromatic carbocycles. The Kier molecular flexibility index (Phi) is 4.67. The third kappa shape index (κ3) is 3.12. The van der Waals surface area contributed by atoms with Crippen molar-refractivity contribution in [2.45, 2.75) is 25.2 Å². The number of hydrogen-bond donors (Lipinski definition) is 1. The summed E-state index contributed by atoms with van der Waals surface area (Å²) in [6.07, 6.45) is 4.25. The number of halogens is 1. The Labute approximate surface area is 126 Å². The van der Waals surface area contributed by atoms with E-state index in [0.29, 0.717) is 32.8 Å². The van der Waals surface area contributed by atoms with Gasteiger partial charge >= 0.3 is 127 Å². The fourth-order valence-electron chi connectivity index (χ4n) is 1.95. The van der Waals surface area contributed by atoms with Gasteiger partial charge in [-0.15, -0.1) is 0 Å². The molecule has 1 N–H and O–H groups in total. The first-order valence-corrected chi connectivity index (χ1v) is 8.02. The summed E-state index contributed by atoms with van der Waals surface area (Å²) >= 11 is 4.03. The van der Waals surface area contributed by atoms with E-state index in [1.807, 2.05) is 11.1 Å². The third-order valence-electron chi connectivity index (χ3n) is 2.83. The fourth-order valence-corrected chi connectivity index (χ4v) is 3.11. The van der Waals surface area contributed by atoms with E-state index in [1.54, 1.807) is 0 Å². The van der Waals surface area contributed by atoms with Gasteiger partial charge in [0.15, 0.2) is 0 Å². The zero-order valence-electron chi connectivity index (χ0n) is 9.49. The average molecular weight is 491 g/mol. The van der Waals surface area contributed by atoms with Crippen LogP contribution in [0.5, 0.6) is 0 Å². The predicted molar refractivity (Wildman–Crippen MR) is 69.9 cm³/mol. The number of nitrogens with zero attached hydrogens (tertiary/aromatic N) is 1. The Bertz CT molecular complexity index is 372. The molecule has 2 aliphatic heterocycles.